The van der Waals surface area contributed by atoms with Crippen LogP contribution in [0.25, 0.3) is 11.4 Å². The molecule has 2 heterocycles. The summed E-state index contributed by atoms with van der Waals surface area (Å²) < 4.78 is 4.43. The molecule has 2 rings (SSSR count). The highest BCUT2D eigenvalue weighted by atomic mass is 32.1. The van der Waals surface area contributed by atoms with E-state index in [4.69, 9.17) is 0 Å². The molecule has 0 fully saturated rings. The van der Waals surface area contributed by atoms with Crippen molar-refractivity contribution >= 4 is 11.3 Å². The molecule has 0 bridgehead atoms. The maximum absolute atomic E-state index is 10.7. The molecule has 0 aliphatic carbocycles. The topological polar surface area (TPSA) is 58.9 Å². The molecule has 0 atom stereocenters. The summed E-state index contributed by atoms with van der Waals surface area (Å²) in [4.78, 5) is 15.5. The number of H-pyrrole nitrogens is 1. The number of aromatic amines is 1. The molecule has 0 aliphatic rings. The third-order valence-corrected chi connectivity index (χ3v) is 2.70. The number of aryl methyl sites for hydroxylation is 2. The Balaban J connectivity index is 2.57. The van der Waals surface area contributed by atoms with E-state index < -0.39 is 5.76 Å². The van der Waals surface area contributed by atoms with Crippen LogP contribution in [-0.2, 0) is 0 Å². The van der Waals surface area contributed by atoms with Crippen molar-refractivity contribution in [3.63, 3.8) is 0 Å². The van der Waals surface area contributed by atoms with Gasteiger partial charge in [0.25, 0.3) is 0 Å². The molecule has 5 heteroatoms. The molecule has 0 aliphatic heterocycles. The van der Waals surface area contributed by atoms with Crippen molar-refractivity contribution in [3.8, 4) is 11.4 Å². The second-order valence-electron chi connectivity index (χ2n) is 2.77. The van der Waals surface area contributed by atoms with Crippen molar-refractivity contribution in [2.45, 2.75) is 13.8 Å². The molecule has 0 saturated heterocycles. The fourth-order valence-corrected chi connectivity index (χ4v) is 2.14. The summed E-state index contributed by atoms with van der Waals surface area (Å²) in [5.41, 5.74) is 0.938. The molecule has 2 aromatic rings. The van der Waals surface area contributed by atoms with Crippen LogP contribution in [-0.4, -0.2) is 10.1 Å². The lowest BCUT2D eigenvalue weighted by Gasteiger charge is -1.88. The van der Waals surface area contributed by atoms with Crippen LogP contribution in [0, 0.1) is 13.8 Å². The lowest BCUT2D eigenvalue weighted by atomic mass is 10.2. The minimum atomic E-state index is -0.516. The quantitative estimate of drug-likeness (QED) is 0.755. The average molecular weight is 196 g/mol. The molecule has 0 radical (unpaired) electrons. The van der Waals surface area contributed by atoms with Crippen molar-refractivity contribution in [2.24, 2.45) is 0 Å². The Hall–Kier alpha value is -1.36. The van der Waals surface area contributed by atoms with Gasteiger partial charge in [-0.25, -0.2) is 4.79 Å². The highest BCUT2D eigenvalue weighted by Crippen LogP contribution is 2.27. The predicted molar refractivity (Wildman–Crippen MR) is 49.9 cm³/mol. The Kier molecular flexibility index (Phi) is 1.81. The highest BCUT2D eigenvalue weighted by molar-refractivity contribution is 7.12. The minimum Gasteiger partial charge on any atom is -0.296 e. The first-order valence-corrected chi connectivity index (χ1v) is 4.62. The number of hydrogen-bond donors (Lipinski definition) is 1. The van der Waals surface area contributed by atoms with Gasteiger partial charge >= 0.3 is 5.76 Å². The van der Waals surface area contributed by atoms with Gasteiger partial charge in [-0.3, -0.25) is 9.51 Å². The third kappa shape index (κ3) is 1.42. The van der Waals surface area contributed by atoms with Crippen LogP contribution in [0.4, 0.5) is 0 Å². The SMILES string of the molecule is Cc1cc(-c2noc(=O)[nH]2)c(C)s1. The summed E-state index contributed by atoms with van der Waals surface area (Å²) in [6, 6.07) is 1.98. The van der Waals surface area contributed by atoms with Gasteiger partial charge in [0, 0.05) is 15.3 Å². The molecule has 1 N–H and O–H groups in total. The van der Waals surface area contributed by atoms with Gasteiger partial charge in [-0.15, -0.1) is 11.3 Å². The molecular formula is C8H8N2O2S. The van der Waals surface area contributed by atoms with Gasteiger partial charge in [-0.05, 0) is 19.9 Å². The number of nitrogens with one attached hydrogen (secondary N) is 1. The molecule has 4 nitrogen and oxygen atoms in total. The van der Waals surface area contributed by atoms with Crippen LogP contribution in [0.2, 0.25) is 0 Å². The van der Waals surface area contributed by atoms with Crippen molar-refractivity contribution in [1.29, 1.82) is 0 Å². The third-order valence-electron chi connectivity index (χ3n) is 1.74. The van der Waals surface area contributed by atoms with Crippen LogP contribution < -0.4 is 5.76 Å². The summed E-state index contributed by atoms with van der Waals surface area (Å²) in [6.45, 7) is 4.00. The smallest absolute Gasteiger partial charge is 0.296 e. The zero-order chi connectivity index (χ0) is 9.42. The maximum atomic E-state index is 10.7. The summed E-state index contributed by atoms with van der Waals surface area (Å²) in [5, 5.41) is 3.62. The first-order chi connectivity index (χ1) is 6.16. The van der Waals surface area contributed by atoms with Crippen LogP contribution in [0.5, 0.6) is 0 Å². The fourth-order valence-electron chi connectivity index (χ4n) is 1.21. The molecule has 0 saturated carbocycles. The molecule has 68 valence electrons. The molecule has 0 unspecified atom stereocenters. The predicted octanol–water partition coefficient (Wildman–Crippen LogP) is 1.71. The summed E-state index contributed by atoms with van der Waals surface area (Å²) in [7, 11) is 0. The Morgan fingerprint density at radius 3 is 2.77 bits per heavy atom. The normalized spacial score (nSPS) is 10.6. The van der Waals surface area contributed by atoms with E-state index in [0.29, 0.717) is 5.82 Å². The first-order valence-electron chi connectivity index (χ1n) is 3.80. The number of rotatable bonds is 1. The fraction of sp³-hybridized carbons (Fsp3) is 0.250. The van der Waals surface area contributed by atoms with Gasteiger partial charge in [0.2, 0.25) is 0 Å². The van der Waals surface area contributed by atoms with E-state index in [1.54, 1.807) is 11.3 Å². The lowest BCUT2D eigenvalue weighted by Crippen LogP contribution is -1.94. The second-order valence-corrected chi connectivity index (χ2v) is 4.23. The van der Waals surface area contributed by atoms with Gasteiger partial charge in [0.1, 0.15) is 0 Å². The monoisotopic (exact) mass is 196 g/mol. The van der Waals surface area contributed by atoms with Gasteiger partial charge < -0.3 is 0 Å². The van der Waals surface area contributed by atoms with E-state index in [0.717, 1.165) is 10.4 Å². The summed E-state index contributed by atoms with van der Waals surface area (Å²) in [6.07, 6.45) is 0. The molecular weight excluding hydrogens is 188 g/mol. The number of nitrogens with zero attached hydrogens (tertiary/aromatic N) is 1. The molecule has 0 aromatic carbocycles. The van der Waals surface area contributed by atoms with Crippen LogP contribution in [0.3, 0.4) is 0 Å². The largest absolute Gasteiger partial charge is 0.439 e. The van der Waals surface area contributed by atoms with Crippen LogP contribution in [0.1, 0.15) is 9.75 Å². The van der Waals surface area contributed by atoms with Crippen molar-refractivity contribution in [3.05, 3.63) is 26.4 Å². The Labute approximate surface area is 78.2 Å². The highest BCUT2D eigenvalue weighted by Gasteiger charge is 2.09. The zero-order valence-electron chi connectivity index (χ0n) is 7.25. The Morgan fingerprint density at radius 1 is 1.54 bits per heavy atom. The summed E-state index contributed by atoms with van der Waals surface area (Å²) in [5.74, 6) is -0.00916. The van der Waals surface area contributed by atoms with E-state index in [9.17, 15) is 4.79 Å². The number of aromatic nitrogens is 2. The van der Waals surface area contributed by atoms with Crippen LogP contribution >= 0.6 is 11.3 Å². The van der Waals surface area contributed by atoms with Gasteiger partial charge in [0.15, 0.2) is 5.82 Å². The molecule has 0 spiro atoms. The molecule has 2 aromatic heterocycles. The maximum Gasteiger partial charge on any atom is 0.439 e. The zero-order valence-corrected chi connectivity index (χ0v) is 8.07. The van der Waals surface area contributed by atoms with E-state index in [2.05, 4.69) is 14.7 Å². The minimum absolute atomic E-state index is 0.506. The van der Waals surface area contributed by atoms with Crippen molar-refractivity contribution in [2.75, 3.05) is 0 Å². The Morgan fingerprint density at radius 2 is 2.31 bits per heavy atom. The van der Waals surface area contributed by atoms with E-state index in [1.807, 2.05) is 19.9 Å². The molecule has 13 heavy (non-hydrogen) atoms. The average Bonchev–Trinajstić information content (AvgIpc) is 2.58. The van der Waals surface area contributed by atoms with Gasteiger partial charge in [-0.2, -0.15) is 0 Å². The molecule has 0 amide bonds. The van der Waals surface area contributed by atoms with Crippen LogP contribution in [0.15, 0.2) is 15.4 Å². The summed E-state index contributed by atoms with van der Waals surface area (Å²) >= 11 is 1.67. The van der Waals surface area contributed by atoms with E-state index in [1.165, 1.54) is 4.88 Å². The standard InChI is InChI=1S/C8H8N2O2S/c1-4-3-6(5(2)13-4)7-9-8(11)12-10-7/h3H,1-2H3,(H,9,10,11). The van der Waals surface area contributed by atoms with Gasteiger partial charge in [0.05, 0.1) is 0 Å². The van der Waals surface area contributed by atoms with E-state index >= 15 is 0 Å². The van der Waals surface area contributed by atoms with E-state index in [-0.39, 0.29) is 0 Å². The van der Waals surface area contributed by atoms with Gasteiger partial charge in [-0.1, -0.05) is 5.16 Å². The second kappa shape index (κ2) is 2.85. The first kappa shape index (κ1) is 8.25. The lowest BCUT2D eigenvalue weighted by molar-refractivity contribution is 0.388. The number of thiophene rings is 1. The number of hydrogen-bond acceptors (Lipinski definition) is 4. The Bertz CT molecular complexity index is 480. The van der Waals surface area contributed by atoms with Crippen molar-refractivity contribution < 1.29 is 4.52 Å². The van der Waals surface area contributed by atoms with Crippen molar-refractivity contribution in [1.82, 2.24) is 10.1 Å².